The molecule has 1 aliphatic rings. The van der Waals surface area contributed by atoms with Gasteiger partial charge >= 0.3 is 5.69 Å². The van der Waals surface area contributed by atoms with Crippen molar-refractivity contribution in [2.45, 2.75) is 37.5 Å². The largest absolute Gasteiger partial charge is 0.404 e. The van der Waals surface area contributed by atoms with E-state index < -0.39 is 14.0 Å². The summed E-state index contributed by atoms with van der Waals surface area (Å²) in [5, 5.41) is 2.37. The summed E-state index contributed by atoms with van der Waals surface area (Å²) in [4.78, 5) is 16.0. The molecular formula is C24H29N3O3SSi. The quantitative estimate of drug-likeness (QED) is 0.562. The van der Waals surface area contributed by atoms with E-state index in [0.717, 1.165) is 0 Å². The van der Waals surface area contributed by atoms with Gasteiger partial charge in [-0.3, -0.25) is 4.57 Å². The Bertz CT molecular complexity index is 1060. The summed E-state index contributed by atoms with van der Waals surface area (Å²) in [6.07, 6.45) is 1.26. The Morgan fingerprint density at radius 1 is 1.09 bits per heavy atom. The number of nitrogen functional groups attached to an aromatic ring is 1. The molecule has 2 heterocycles. The minimum absolute atomic E-state index is 0.101. The van der Waals surface area contributed by atoms with Gasteiger partial charge in [-0.25, -0.2) is 4.79 Å². The van der Waals surface area contributed by atoms with Crippen LogP contribution in [0.5, 0.6) is 0 Å². The van der Waals surface area contributed by atoms with E-state index in [9.17, 15) is 4.79 Å². The van der Waals surface area contributed by atoms with Crippen LogP contribution < -0.4 is 21.8 Å². The molecule has 32 heavy (non-hydrogen) atoms. The number of thioether (sulfide) groups is 1. The van der Waals surface area contributed by atoms with Crippen LogP contribution in [0, 0.1) is 0 Å². The van der Waals surface area contributed by atoms with Crippen LogP contribution in [-0.4, -0.2) is 35.7 Å². The van der Waals surface area contributed by atoms with Crippen LogP contribution in [0.2, 0.25) is 5.04 Å². The molecule has 4 rings (SSSR count). The van der Waals surface area contributed by atoms with Crippen molar-refractivity contribution in [3.63, 3.8) is 0 Å². The molecule has 2 unspecified atom stereocenters. The molecule has 0 bridgehead atoms. The highest BCUT2D eigenvalue weighted by Gasteiger charge is 2.50. The topological polar surface area (TPSA) is 79.4 Å². The van der Waals surface area contributed by atoms with Crippen LogP contribution >= 0.6 is 11.8 Å². The zero-order chi connectivity index (χ0) is 22.8. The third-order valence-electron chi connectivity index (χ3n) is 5.75. The van der Waals surface area contributed by atoms with Gasteiger partial charge in [0.05, 0.1) is 6.61 Å². The standard InChI is InChI=1S/C24H29N3O3SSi/c1-24(2,3)32(18-10-6-4-7-11-18,19-12-8-5-9-13-19)29-16-22-30-21(17-31-22)27-15-14-20(25)26-23(27)28/h4-15,21-22H,16-17H2,1-3H3,(H2,25,26,28). The first-order chi connectivity index (χ1) is 15.3. The fourth-order valence-electron chi connectivity index (χ4n) is 4.28. The predicted molar refractivity (Wildman–Crippen MR) is 133 cm³/mol. The average Bonchev–Trinajstić information content (AvgIpc) is 3.23. The first-order valence-corrected chi connectivity index (χ1v) is 13.6. The highest BCUT2D eigenvalue weighted by molar-refractivity contribution is 8.00. The van der Waals surface area contributed by atoms with E-state index in [1.54, 1.807) is 24.0 Å². The fraction of sp³-hybridized carbons (Fsp3) is 0.333. The maximum Gasteiger partial charge on any atom is 0.351 e. The second-order valence-corrected chi connectivity index (χ2v) is 14.4. The number of aromatic nitrogens is 2. The zero-order valence-corrected chi connectivity index (χ0v) is 20.4. The van der Waals surface area contributed by atoms with Crippen molar-refractivity contribution in [3.05, 3.63) is 83.4 Å². The van der Waals surface area contributed by atoms with Gasteiger partial charge in [0.1, 0.15) is 17.5 Å². The fourth-order valence-corrected chi connectivity index (χ4v) is 9.94. The maximum atomic E-state index is 12.2. The molecule has 1 fully saturated rings. The monoisotopic (exact) mass is 467 g/mol. The van der Waals surface area contributed by atoms with Gasteiger partial charge in [-0.15, -0.1) is 11.8 Å². The Labute approximate surface area is 193 Å². The van der Waals surface area contributed by atoms with Crippen LogP contribution in [0.25, 0.3) is 0 Å². The van der Waals surface area contributed by atoms with Crippen LogP contribution in [0.3, 0.4) is 0 Å². The molecule has 6 nitrogen and oxygen atoms in total. The molecule has 0 spiro atoms. The van der Waals surface area contributed by atoms with Crippen molar-refractivity contribution in [2.24, 2.45) is 0 Å². The number of hydrogen-bond donors (Lipinski definition) is 1. The minimum Gasteiger partial charge on any atom is -0.404 e. The van der Waals surface area contributed by atoms with Gasteiger partial charge in [-0.2, -0.15) is 4.98 Å². The number of nitrogens with two attached hydrogens (primary N) is 1. The lowest BCUT2D eigenvalue weighted by Crippen LogP contribution is -2.67. The van der Waals surface area contributed by atoms with Gasteiger partial charge in [0, 0.05) is 11.9 Å². The molecule has 2 aromatic carbocycles. The Kier molecular flexibility index (Phi) is 6.57. The smallest absolute Gasteiger partial charge is 0.351 e. The molecule has 0 saturated carbocycles. The van der Waals surface area contributed by atoms with E-state index in [1.807, 2.05) is 12.1 Å². The number of anilines is 1. The summed E-state index contributed by atoms with van der Waals surface area (Å²) in [5.74, 6) is 0.865. The summed E-state index contributed by atoms with van der Waals surface area (Å²) in [6.45, 7) is 7.20. The van der Waals surface area contributed by atoms with E-state index in [1.165, 1.54) is 14.9 Å². The lowest BCUT2D eigenvalue weighted by molar-refractivity contribution is -0.00349. The molecule has 1 saturated heterocycles. The highest BCUT2D eigenvalue weighted by Crippen LogP contribution is 2.38. The van der Waals surface area contributed by atoms with Crippen LogP contribution in [-0.2, 0) is 9.16 Å². The average molecular weight is 468 g/mol. The van der Waals surface area contributed by atoms with Gasteiger partial charge in [-0.05, 0) is 21.5 Å². The molecule has 8 heteroatoms. The molecule has 2 atom stereocenters. The van der Waals surface area contributed by atoms with Crippen LogP contribution in [0.4, 0.5) is 5.82 Å². The lowest BCUT2D eigenvalue weighted by atomic mass is 10.2. The maximum absolute atomic E-state index is 12.2. The van der Waals surface area contributed by atoms with Gasteiger partial charge in [0.2, 0.25) is 0 Å². The van der Waals surface area contributed by atoms with Crippen LogP contribution in [0.15, 0.2) is 77.7 Å². The Morgan fingerprint density at radius 2 is 1.69 bits per heavy atom. The Balaban J connectivity index is 1.61. The van der Waals surface area contributed by atoms with E-state index >= 15 is 0 Å². The van der Waals surface area contributed by atoms with Crippen molar-refractivity contribution in [3.8, 4) is 0 Å². The molecule has 0 amide bonds. The molecule has 3 aromatic rings. The second kappa shape index (κ2) is 9.23. The number of benzene rings is 2. The van der Waals surface area contributed by atoms with Crippen molar-refractivity contribution in [1.29, 1.82) is 0 Å². The third-order valence-corrected chi connectivity index (χ3v) is 11.8. The van der Waals surface area contributed by atoms with Crippen molar-refractivity contribution < 1.29 is 9.16 Å². The summed E-state index contributed by atoms with van der Waals surface area (Å²) in [6, 6.07) is 22.7. The summed E-state index contributed by atoms with van der Waals surface area (Å²) in [7, 11) is -2.63. The van der Waals surface area contributed by atoms with Gasteiger partial charge in [0.15, 0.2) is 0 Å². The first-order valence-electron chi connectivity index (χ1n) is 10.7. The van der Waals surface area contributed by atoms with Crippen molar-refractivity contribution >= 4 is 36.3 Å². The molecule has 0 radical (unpaired) electrons. The normalized spacial score (nSPS) is 19.2. The molecule has 1 aromatic heterocycles. The van der Waals surface area contributed by atoms with Crippen molar-refractivity contribution in [2.75, 3.05) is 18.1 Å². The zero-order valence-electron chi connectivity index (χ0n) is 18.6. The van der Waals surface area contributed by atoms with Gasteiger partial charge in [0.25, 0.3) is 8.32 Å². The predicted octanol–water partition coefficient (Wildman–Crippen LogP) is 2.99. The highest BCUT2D eigenvalue weighted by atomic mass is 32.2. The SMILES string of the molecule is CC(C)(C)[Si](OCC1OC(n2ccc(N)nc2=O)CS1)(c1ccccc1)c1ccccc1. The molecular weight excluding hydrogens is 438 g/mol. The van der Waals surface area contributed by atoms with Crippen LogP contribution in [0.1, 0.15) is 27.0 Å². The lowest BCUT2D eigenvalue weighted by Gasteiger charge is -2.43. The number of nitrogens with zero attached hydrogens (tertiary/aromatic N) is 2. The van der Waals surface area contributed by atoms with E-state index in [4.69, 9.17) is 14.9 Å². The second-order valence-electron chi connectivity index (χ2n) is 8.87. The summed E-state index contributed by atoms with van der Waals surface area (Å²) in [5.41, 5.74) is 5.04. The number of ether oxygens (including phenoxy) is 1. The van der Waals surface area contributed by atoms with E-state index in [0.29, 0.717) is 12.4 Å². The van der Waals surface area contributed by atoms with Gasteiger partial charge in [-0.1, -0.05) is 81.4 Å². The number of rotatable bonds is 6. The Hall–Kier alpha value is -2.39. The summed E-state index contributed by atoms with van der Waals surface area (Å²) < 4.78 is 14.6. The van der Waals surface area contributed by atoms with E-state index in [2.05, 4.69) is 74.3 Å². The third kappa shape index (κ3) is 4.41. The van der Waals surface area contributed by atoms with E-state index in [-0.39, 0.29) is 22.5 Å². The molecule has 0 aliphatic carbocycles. The number of hydrogen-bond acceptors (Lipinski definition) is 6. The molecule has 1 aliphatic heterocycles. The summed E-state index contributed by atoms with van der Waals surface area (Å²) >= 11 is 1.66. The first kappa shape index (κ1) is 22.8. The molecule has 2 N–H and O–H groups in total. The molecule has 168 valence electrons. The van der Waals surface area contributed by atoms with Crippen molar-refractivity contribution in [1.82, 2.24) is 9.55 Å². The Morgan fingerprint density at radius 3 is 2.22 bits per heavy atom. The van der Waals surface area contributed by atoms with Gasteiger partial charge < -0.3 is 14.9 Å². The minimum atomic E-state index is -2.63.